The van der Waals surface area contributed by atoms with Crippen molar-refractivity contribution in [2.24, 2.45) is 0 Å². The molecule has 0 saturated carbocycles. The van der Waals surface area contributed by atoms with Gasteiger partial charge in [0.2, 0.25) is 11.9 Å². The molecular formula is C23H31N7O2. The molecular weight excluding hydrogens is 406 g/mol. The number of nitrogens with zero attached hydrogens (tertiary/aromatic N) is 5. The second kappa shape index (κ2) is 10.8. The zero-order valence-electron chi connectivity index (χ0n) is 18.4. The van der Waals surface area contributed by atoms with E-state index in [1.54, 1.807) is 18.5 Å². The third-order valence-corrected chi connectivity index (χ3v) is 5.94. The molecule has 32 heavy (non-hydrogen) atoms. The van der Waals surface area contributed by atoms with Crippen molar-refractivity contribution in [1.29, 1.82) is 0 Å². The maximum Gasteiger partial charge on any atom is 0.319 e. The van der Waals surface area contributed by atoms with Crippen molar-refractivity contribution in [3.8, 4) is 0 Å². The highest BCUT2D eigenvalue weighted by atomic mass is 16.2. The maximum absolute atomic E-state index is 12.5. The molecule has 2 fully saturated rings. The summed E-state index contributed by atoms with van der Waals surface area (Å²) in [5, 5.41) is 5.61. The number of hydrogen-bond donors (Lipinski definition) is 2. The van der Waals surface area contributed by atoms with Crippen LogP contribution in [0, 0.1) is 0 Å². The Kier molecular flexibility index (Phi) is 7.37. The average Bonchev–Trinajstić information content (AvgIpc) is 2.85. The van der Waals surface area contributed by atoms with Gasteiger partial charge >= 0.3 is 6.03 Å². The summed E-state index contributed by atoms with van der Waals surface area (Å²) >= 11 is 0. The molecule has 2 aliphatic rings. The van der Waals surface area contributed by atoms with Gasteiger partial charge in [-0.25, -0.2) is 14.8 Å². The van der Waals surface area contributed by atoms with Gasteiger partial charge in [-0.3, -0.25) is 4.79 Å². The molecule has 2 aliphatic heterocycles. The molecule has 2 N–H and O–H groups in total. The molecule has 0 atom stereocenters. The molecule has 0 spiro atoms. The Balaban J connectivity index is 1.14. The zero-order valence-corrected chi connectivity index (χ0v) is 18.4. The van der Waals surface area contributed by atoms with Crippen LogP contribution in [0.4, 0.5) is 22.1 Å². The molecule has 1 aromatic heterocycles. The number of urea groups is 1. The van der Waals surface area contributed by atoms with Gasteiger partial charge in [0, 0.05) is 76.0 Å². The third kappa shape index (κ3) is 5.87. The molecule has 2 aromatic rings. The summed E-state index contributed by atoms with van der Waals surface area (Å²) < 4.78 is 0. The van der Waals surface area contributed by atoms with Crippen molar-refractivity contribution in [3.05, 3.63) is 42.7 Å². The van der Waals surface area contributed by atoms with Crippen LogP contribution in [0.1, 0.15) is 25.7 Å². The summed E-state index contributed by atoms with van der Waals surface area (Å²) in [5.74, 6) is 0.742. The minimum Gasteiger partial charge on any atom is -0.372 e. The number of rotatable bonds is 6. The summed E-state index contributed by atoms with van der Waals surface area (Å²) in [4.78, 5) is 39.5. The van der Waals surface area contributed by atoms with E-state index in [9.17, 15) is 9.59 Å². The van der Waals surface area contributed by atoms with Crippen LogP contribution < -0.4 is 20.4 Å². The fourth-order valence-electron chi connectivity index (χ4n) is 4.13. The van der Waals surface area contributed by atoms with E-state index in [1.165, 1.54) is 24.9 Å². The molecule has 0 radical (unpaired) electrons. The van der Waals surface area contributed by atoms with Crippen LogP contribution in [-0.4, -0.2) is 72.6 Å². The van der Waals surface area contributed by atoms with E-state index in [0.717, 1.165) is 18.8 Å². The number of carbonyl (C=O) groups excluding carboxylic acids is 2. The lowest BCUT2D eigenvalue weighted by Gasteiger charge is -2.34. The molecule has 0 aliphatic carbocycles. The number of amides is 3. The highest BCUT2D eigenvalue weighted by Gasteiger charge is 2.22. The molecule has 0 bridgehead atoms. The third-order valence-electron chi connectivity index (χ3n) is 5.94. The quantitative estimate of drug-likeness (QED) is 0.721. The van der Waals surface area contributed by atoms with Crippen molar-refractivity contribution < 1.29 is 9.59 Å². The molecule has 0 unspecified atom stereocenters. The first-order valence-electron chi connectivity index (χ1n) is 11.4. The molecule has 2 saturated heterocycles. The number of hydrogen-bond acceptors (Lipinski definition) is 6. The Bertz CT molecular complexity index is 877. The van der Waals surface area contributed by atoms with Crippen LogP contribution in [0.5, 0.6) is 0 Å². The van der Waals surface area contributed by atoms with Crippen LogP contribution in [-0.2, 0) is 4.79 Å². The van der Waals surface area contributed by atoms with Crippen LogP contribution in [0.15, 0.2) is 42.7 Å². The molecule has 1 aromatic carbocycles. The van der Waals surface area contributed by atoms with Crippen molar-refractivity contribution in [2.45, 2.75) is 25.7 Å². The summed E-state index contributed by atoms with van der Waals surface area (Å²) in [6.45, 7) is 5.17. The predicted octanol–water partition coefficient (Wildman–Crippen LogP) is 2.33. The second-order valence-corrected chi connectivity index (χ2v) is 8.14. The van der Waals surface area contributed by atoms with Crippen LogP contribution in [0.3, 0.4) is 0 Å². The largest absolute Gasteiger partial charge is 0.372 e. The average molecular weight is 438 g/mol. The van der Waals surface area contributed by atoms with E-state index in [-0.39, 0.29) is 18.4 Å². The highest BCUT2D eigenvalue weighted by molar-refractivity contribution is 5.89. The number of anilines is 3. The molecule has 9 nitrogen and oxygen atoms in total. The van der Waals surface area contributed by atoms with Crippen molar-refractivity contribution in [2.75, 3.05) is 60.9 Å². The Morgan fingerprint density at radius 2 is 1.53 bits per heavy atom. The first-order chi connectivity index (χ1) is 15.7. The number of piperazine rings is 1. The van der Waals surface area contributed by atoms with Gasteiger partial charge in [-0.05, 0) is 49.6 Å². The maximum atomic E-state index is 12.5. The Morgan fingerprint density at radius 3 is 2.22 bits per heavy atom. The summed E-state index contributed by atoms with van der Waals surface area (Å²) in [5.41, 5.74) is 1.94. The minimum absolute atomic E-state index is 0.0461. The summed E-state index contributed by atoms with van der Waals surface area (Å²) in [6, 6.07) is 9.43. The Labute approximate surface area is 188 Å². The monoisotopic (exact) mass is 437 g/mol. The van der Waals surface area contributed by atoms with Gasteiger partial charge in [-0.2, -0.15) is 0 Å². The van der Waals surface area contributed by atoms with Crippen LogP contribution in [0.25, 0.3) is 0 Å². The van der Waals surface area contributed by atoms with E-state index in [4.69, 9.17) is 0 Å². The minimum atomic E-state index is -0.297. The van der Waals surface area contributed by atoms with Gasteiger partial charge in [0.1, 0.15) is 0 Å². The predicted molar refractivity (Wildman–Crippen MR) is 125 cm³/mol. The van der Waals surface area contributed by atoms with E-state index >= 15 is 0 Å². The van der Waals surface area contributed by atoms with Crippen LogP contribution >= 0.6 is 0 Å². The highest BCUT2D eigenvalue weighted by Crippen LogP contribution is 2.21. The number of aromatic nitrogens is 2. The number of nitrogens with one attached hydrogen (secondary N) is 2. The fourth-order valence-corrected chi connectivity index (χ4v) is 4.13. The van der Waals surface area contributed by atoms with Gasteiger partial charge in [-0.1, -0.05) is 0 Å². The van der Waals surface area contributed by atoms with Gasteiger partial charge < -0.3 is 25.3 Å². The molecule has 9 heteroatoms. The topological polar surface area (TPSA) is 93.7 Å². The second-order valence-electron chi connectivity index (χ2n) is 8.14. The van der Waals surface area contributed by atoms with Crippen molar-refractivity contribution in [3.63, 3.8) is 0 Å². The zero-order chi connectivity index (χ0) is 22.2. The van der Waals surface area contributed by atoms with Gasteiger partial charge in [0.05, 0.1) is 0 Å². The number of piperidine rings is 1. The van der Waals surface area contributed by atoms with Crippen LogP contribution in [0.2, 0.25) is 0 Å². The lowest BCUT2D eigenvalue weighted by atomic mass is 10.1. The van der Waals surface area contributed by atoms with E-state index in [0.29, 0.717) is 38.7 Å². The van der Waals surface area contributed by atoms with E-state index < -0.39 is 0 Å². The van der Waals surface area contributed by atoms with Gasteiger partial charge in [-0.15, -0.1) is 0 Å². The smallest absolute Gasteiger partial charge is 0.319 e. The van der Waals surface area contributed by atoms with Crippen molar-refractivity contribution in [1.82, 2.24) is 20.2 Å². The standard InChI is InChI=1S/C23H31N7O2/c31-21(29-15-17-30(18-16-29)22-24-10-4-11-25-22)9-12-26-23(32)27-19-5-7-20(8-6-19)28-13-2-1-3-14-28/h4-8,10-11H,1-3,9,12-18H2,(H2,26,27,32). The van der Waals surface area contributed by atoms with Gasteiger partial charge in [0.25, 0.3) is 0 Å². The molecule has 3 heterocycles. The summed E-state index contributed by atoms with van der Waals surface area (Å²) in [6.07, 6.45) is 7.50. The summed E-state index contributed by atoms with van der Waals surface area (Å²) in [7, 11) is 0. The lowest BCUT2D eigenvalue weighted by molar-refractivity contribution is -0.131. The SMILES string of the molecule is O=C(NCCC(=O)N1CCN(c2ncccn2)CC1)Nc1ccc(N2CCCCC2)cc1. The Hall–Kier alpha value is -3.36. The molecule has 170 valence electrons. The van der Waals surface area contributed by atoms with E-state index in [2.05, 4.69) is 30.4 Å². The fraction of sp³-hybridized carbons (Fsp3) is 0.478. The normalized spacial score (nSPS) is 16.6. The first-order valence-corrected chi connectivity index (χ1v) is 11.4. The number of carbonyl (C=O) groups is 2. The van der Waals surface area contributed by atoms with Gasteiger partial charge in [0.15, 0.2) is 0 Å². The van der Waals surface area contributed by atoms with E-state index in [1.807, 2.05) is 29.2 Å². The molecule has 3 amide bonds. The van der Waals surface area contributed by atoms with Crippen molar-refractivity contribution >= 4 is 29.3 Å². The number of benzene rings is 1. The lowest BCUT2D eigenvalue weighted by Crippen LogP contribution is -2.49. The Morgan fingerprint density at radius 1 is 0.844 bits per heavy atom. The first kappa shape index (κ1) is 21.9. The molecule has 4 rings (SSSR count).